The summed E-state index contributed by atoms with van der Waals surface area (Å²) in [5.74, 6) is 0. The van der Waals surface area contributed by atoms with E-state index < -0.39 is 0 Å². The third-order valence-corrected chi connectivity index (χ3v) is 6.57. The fraction of sp³-hybridized carbons (Fsp3) is 0.172. The summed E-state index contributed by atoms with van der Waals surface area (Å²) in [5, 5.41) is 2.75. The Morgan fingerprint density at radius 3 is 2.23 bits per heavy atom. The molecular weight excluding hydrogens is 362 g/mol. The minimum atomic E-state index is 0.116. The van der Waals surface area contributed by atoms with Crippen LogP contribution in [-0.2, 0) is 11.8 Å². The Morgan fingerprint density at radius 1 is 0.700 bits per heavy atom. The quantitative estimate of drug-likeness (QED) is 0.273. The Hall–Kier alpha value is -3.32. The van der Waals surface area contributed by atoms with Crippen LogP contribution in [0.25, 0.3) is 38.6 Å². The van der Waals surface area contributed by atoms with Gasteiger partial charge in [-0.3, -0.25) is 0 Å². The molecule has 0 N–H and O–H groups in total. The van der Waals surface area contributed by atoms with Gasteiger partial charge in [-0.05, 0) is 70.0 Å². The first-order valence-corrected chi connectivity index (χ1v) is 10.8. The molecule has 1 aliphatic rings. The van der Waals surface area contributed by atoms with Crippen molar-refractivity contribution < 1.29 is 0 Å². The lowest BCUT2D eigenvalue weighted by Gasteiger charge is -2.19. The zero-order valence-electron chi connectivity index (χ0n) is 17.7. The third-order valence-electron chi connectivity index (χ3n) is 6.57. The fourth-order valence-electron chi connectivity index (χ4n) is 5.06. The Balaban J connectivity index is 1.81. The van der Waals surface area contributed by atoms with Crippen molar-refractivity contribution in [3.8, 4) is 16.8 Å². The summed E-state index contributed by atoms with van der Waals surface area (Å²) in [4.78, 5) is 0. The van der Waals surface area contributed by atoms with Gasteiger partial charge in [0.25, 0.3) is 0 Å². The highest BCUT2D eigenvalue weighted by molar-refractivity contribution is 6.17. The lowest BCUT2D eigenvalue weighted by atomic mass is 9.86. The van der Waals surface area contributed by atoms with Crippen LogP contribution in [0.3, 0.4) is 0 Å². The summed E-state index contributed by atoms with van der Waals surface area (Å²) >= 11 is 0. The van der Waals surface area contributed by atoms with Crippen molar-refractivity contribution in [3.05, 3.63) is 102 Å². The van der Waals surface area contributed by atoms with Crippen LogP contribution in [0.5, 0.6) is 0 Å². The molecule has 1 heteroatoms. The summed E-state index contributed by atoms with van der Waals surface area (Å²) in [5.41, 5.74) is 11.0. The predicted molar refractivity (Wildman–Crippen MR) is 128 cm³/mol. The van der Waals surface area contributed by atoms with E-state index in [2.05, 4.69) is 110 Å². The van der Waals surface area contributed by atoms with E-state index in [0.29, 0.717) is 0 Å². The van der Waals surface area contributed by atoms with E-state index in [1.54, 1.807) is 0 Å². The monoisotopic (exact) mass is 387 g/mol. The molecule has 0 amide bonds. The molecule has 0 radical (unpaired) electrons. The first kappa shape index (κ1) is 17.5. The largest absolute Gasteiger partial charge is 0.309 e. The predicted octanol–water partition coefficient (Wildman–Crippen LogP) is 7.65. The molecule has 1 nitrogen and oxygen atoms in total. The molecule has 4 aromatic carbocycles. The van der Waals surface area contributed by atoms with Gasteiger partial charge in [0.15, 0.2) is 0 Å². The van der Waals surface area contributed by atoms with Crippen molar-refractivity contribution in [2.45, 2.75) is 32.6 Å². The molecular formula is C29H25N. The second-order valence-corrected chi connectivity index (χ2v) is 9.48. The molecule has 0 spiro atoms. The molecule has 1 aliphatic carbocycles. The van der Waals surface area contributed by atoms with Crippen molar-refractivity contribution in [3.63, 3.8) is 0 Å². The summed E-state index contributed by atoms with van der Waals surface area (Å²) in [6.07, 6.45) is 1.03. The minimum absolute atomic E-state index is 0.116. The van der Waals surface area contributed by atoms with Gasteiger partial charge in [-0.1, -0.05) is 75.4 Å². The molecule has 0 saturated carbocycles. The molecule has 1 heterocycles. The number of fused-ring (bicyclic) bond motifs is 7. The highest BCUT2D eigenvalue weighted by Gasteiger charge is 2.25. The molecule has 0 aliphatic heterocycles. The van der Waals surface area contributed by atoms with Crippen LogP contribution in [0.1, 0.15) is 37.5 Å². The van der Waals surface area contributed by atoms with E-state index >= 15 is 0 Å². The molecule has 6 rings (SSSR count). The summed E-state index contributed by atoms with van der Waals surface area (Å²) in [6.45, 7) is 6.89. The van der Waals surface area contributed by atoms with Gasteiger partial charge in [0, 0.05) is 16.5 Å². The van der Waals surface area contributed by atoms with Crippen molar-refractivity contribution in [1.82, 2.24) is 4.57 Å². The topological polar surface area (TPSA) is 4.93 Å². The van der Waals surface area contributed by atoms with E-state index in [-0.39, 0.29) is 5.41 Å². The van der Waals surface area contributed by atoms with Crippen LogP contribution < -0.4 is 0 Å². The molecule has 0 unspecified atom stereocenters. The molecule has 0 bridgehead atoms. The number of rotatable bonds is 1. The van der Waals surface area contributed by atoms with Crippen molar-refractivity contribution in [2.75, 3.05) is 0 Å². The van der Waals surface area contributed by atoms with E-state index in [0.717, 1.165) is 6.42 Å². The molecule has 5 aromatic rings. The second kappa shape index (κ2) is 6.09. The van der Waals surface area contributed by atoms with E-state index in [1.165, 1.54) is 55.3 Å². The third kappa shape index (κ3) is 2.42. The van der Waals surface area contributed by atoms with Crippen LogP contribution in [-0.4, -0.2) is 4.57 Å². The van der Waals surface area contributed by atoms with Gasteiger partial charge in [0.2, 0.25) is 0 Å². The van der Waals surface area contributed by atoms with Gasteiger partial charge < -0.3 is 4.57 Å². The number of benzene rings is 4. The summed E-state index contributed by atoms with van der Waals surface area (Å²) in [6, 6.07) is 31.3. The Labute approximate surface area is 177 Å². The average Bonchev–Trinajstić information content (AvgIpc) is 3.28. The number of hydrogen-bond acceptors (Lipinski definition) is 0. The zero-order valence-corrected chi connectivity index (χ0v) is 17.7. The number of aromatic nitrogens is 1. The lowest BCUT2D eigenvalue weighted by molar-refractivity contribution is 0.591. The smallest absolute Gasteiger partial charge is 0.0547 e. The Morgan fingerprint density at radius 2 is 1.43 bits per heavy atom. The molecule has 0 saturated heterocycles. The number of hydrogen-bond donors (Lipinski definition) is 0. The van der Waals surface area contributed by atoms with E-state index in [4.69, 9.17) is 0 Å². The molecule has 0 atom stereocenters. The maximum Gasteiger partial charge on any atom is 0.0547 e. The number of para-hydroxylation sites is 1. The van der Waals surface area contributed by atoms with Crippen LogP contribution in [0.15, 0.2) is 84.9 Å². The SMILES string of the molecule is CC(C)(C)c1ccc2c(c1)c1c3c(ccc1n2-c1ccccc1)Cc1ccccc1-3. The lowest BCUT2D eigenvalue weighted by Crippen LogP contribution is -2.10. The Bertz CT molecular complexity index is 1430. The van der Waals surface area contributed by atoms with Crippen LogP contribution in [0.4, 0.5) is 0 Å². The standard InChI is InChI=1S/C29H25N/c1-29(2,3)21-14-16-25-24(18-21)28-26(30(25)22-10-5-4-6-11-22)15-13-20-17-19-9-7-8-12-23(19)27(20)28/h4-16,18H,17H2,1-3H3. The highest BCUT2D eigenvalue weighted by Crippen LogP contribution is 2.46. The van der Waals surface area contributed by atoms with Crippen molar-refractivity contribution in [1.29, 1.82) is 0 Å². The summed E-state index contributed by atoms with van der Waals surface area (Å²) in [7, 11) is 0. The van der Waals surface area contributed by atoms with Gasteiger partial charge in [-0.2, -0.15) is 0 Å². The van der Waals surface area contributed by atoms with Crippen LogP contribution in [0, 0.1) is 0 Å². The highest BCUT2D eigenvalue weighted by atomic mass is 15.0. The molecule has 146 valence electrons. The van der Waals surface area contributed by atoms with Gasteiger partial charge in [0.05, 0.1) is 11.0 Å². The van der Waals surface area contributed by atoms with Crippen molar-refractivity contribution in [2.24, 2.45) is 0 Å². The van der Waals surface area contributed by atoms with Gasteiger partial charge >= 0.3 is 0 Å². The summed E-state index contributed by atoms with van der Waals surface area (Å²) < 4.78 is 2.43. The van der Waals surface area contributed by atoms with Crippen LogP contribution >= 0.6 is 0 Å². The number of nitrogens with zero attached hydrogens (tertiary/aromatic N) is 1. The van der Waals surface area contributed by atoms with Crippen LogP contribution in [0.2, 0.25) is 0 Å². The maximum absolute atomic E-state index is 2.43. The first-order chi connectivity index (χ1) is 14.5. The van der Waals surface area contributed by atoms with Crippen molar-refractivity contribution >= 4 is 21.8 Å². The normalized spacial score (nSPS) is 13.0. The minimum Gasteiger partial charge on any atom is -0.309 e. The second-order valence-electron chi connectivity index (χ2n) is 9.48. The molecule has 30 heavy (non-hydrogen) atoms. The van der Waals surface area contributed by atoms with E-state index in [9.17, 15) is 0 Å². The van der Waals surface area contributed by atoms with Gasteiger partial charge in [-0.15, -0.1) is 0 Å². The average molecular weight is 388 g/mol. The first-order valence-electron chi connectivity index (χ1n) is 10.8. The molecule has 0 fully saturated rings. The van der Waals surface area contributed by atoms with Gasteiger partial charge in [0.1, 0.15) is 0 Å². The van der Waals surface area contributed by atoms with E-state index in [1.807, 2.05) is 0 Å². The maximum atomic E-state index is 2.43. The molecule has 1 aromatic heterocycles. The fourth-order valence-corrected chi connectivity index (χ4v) is 5.06. The zero-order chi connectivity index (χ0) is 20.5. The Kier molecular flexibility index (Phi) is 3.56. The van der Waals surface area contributed by atoms with Gasteiger partial charge in [-0.25, -0.2) is 0 Å².